The predicted octanol–water partition coefficient (Wildman–Crippen LogP) is 4.60. The molecule has 3 aromatic carbocycles. The summed E-state index contributed by atoms with van der Waals surface area (Å²) in [6, 6.07) is 22.2. The zero-order chi connectivity index (χ0) is 23.9. The predicted molar refractivity (Wildman–Crippen MR) is 136 cm³/mol. The molecule has 0 spiro atoms. The molecule has 0 unspecified atom stereocenters. The van der Waals surface area contributed by atoms with Gasteiger partial charge in [-0.05, 0) is 54.6 Å². The Kier molecular flexibility index (Phi) is 7.54. The molecule has 0 aromatic heterocycles. The van der Waals surface area contributed by atoms with Crippen LogP contribution in [0.5, 0.6) is 11.5 Å². The Morgan fingerprint density at radius 1 is 0.912 bits per heavy atom. The van der Waals surface area contributed by atoms with Crippen LogP contribution in [0, 0.1) is 0 Å². The van der Waals surface area contributed by atoms with Crippen molar-refractivity contribution in [3.05, 3.63) is 83.4 Å². The lowest BCUT2D eigenvalue weighted by atomic mass is 10.2. The average Bonchev–Trinajstić information content (AvgIpc) is 2.88. The number of nitrogens with zero attached hydrogens (tertiary/aromatic N) is 3. The standard InChI is InChI=1S/C26H27ClN4O3/c1-33-22-12-10-21(11-13-22)28-26(29-25(32)19-6-5-7-20(27)18-19)31-16-14-30(15-17-31)23-8-3-4-9-24(23)34-2/h3-13,18H,14-17H2,1-2H3,(H,28,29,32). The highest BCUT2D eigenvalue weighted by Crippen LogP contribution is 2.28. The number of amides is 1. The lowest BCUT2D eigenvalue weighted by Gasteiger charge is -2.38. The summed E-state index contributed by atoms with van der Waals surface area (Å²) in [5.41, 5.74) is 2.25. The highest BCUT2D eigenvalue weighted by molar-refractivity contribution is 6.31. The first-order valence-electron chi connectivity index (χ1n) is 11.0. The number of piperazine rings is 1. The Morgan fingerprint density at radius 2 is 1.65 bits per heavy atom. The molecule has 1 aliphatic rings. The second-order valence-corrected chi connectivity index (χ2v) is 8.18. The van der Waals surface area contributed by atoms with Gasteiger partial charge in [-0.1, -0.05) is 29.8 Å². The first-order chi connectivity index (χ1) is 16.6. The van der Waals surface area contributed by atoms with Crippen LogP contribution in [0.4, 0.5) is 11.4 Å². The smallest absolute Gasteiger partial charge is 0.258 e. The molecular formula is C26H27ClN4O3. The SMILES string of the molecule is COc1ccc(N=C(NC(=O)c2cccc(Cl)c2)N2CCN(c3ccccc3OC)CC2)cc1. The number of guanidine groups is 1. The summed E-state index contributed by atoms with van der Waals surface area (Å²) in [7, 11) is 3.30. The van der Waals surface area contributed by atoms with E-state index in [4.69, 9.17) is 26.1 Å². The summed E-state index contributed by atoms with van der Waals surface area (Å²) in [5, 5.41) is 3.49. The molecule has 1 fully saturated rings. The molecule has 34 heavy (non-hydrogen) atoms. The molecule has 7 nitrogen and oxygen atoms in total. The lowest BCUT2D eigenvalue weighted by molar-refractivity contribution is 0.0971. The molecule has 0 bridgehead atoms. The van der Waals surface area contributed by atoms with Crippen molar-refractivity contribution in [3.8, 4) is 11.5 Å². The van der Waals surface area contributed by atoms with Crippen LogP contribution in [-0.4, -0.2) is 57.2 Å². The number of benzene rings is 3. The highest BCUT2D eigenvalue weighted by atomic mass is 35.5. The average molecular weight is 479 g/mol. The molecule has 3 aromatic rings. The number of halogens is 1. The van der Waals surface area contributed by atoms with Gasteiger partial charge in [-0.3, -0.25) is 10.1 Å². The van der Waals surface area contributed by atoms with E-state index in [-0.39, 0.29) is 5.91 Å². The summed E-state index contributed by atoms with van der Waals surface area (Å²) in [5.74, 6) is 1.82. The van der Waals surface area contributed by atoms with Gasteiger partial charge in [-0.25, -0.2) is 4.99 Å². The molecule has 176 valence electrons. The Labute approximate surface area is 204 Å². The molecule has 0 saturated carbocycles. The summed E-state index contributed by atoms with van der Waals surface area (Å²) in [4.78, 5) is 22.1. The van der Waals surface area contributed by atoms with Crippen LogP contribution in [0.1, 0.15) is 10.4 Å². The van der Waals surface area contributed by atoms with Crippen LogP contribution in [0.15, 0.2) is 77.8 Å². The fourth-order valence-electron chi connectivity index (χ4n) is 3.81. The van der Waals surface area contributed by atoms with Crippen LogP contribution >= 0.6 is 11.6 Å². The Morgan fingerprint density at radius 3 is 2.32 bits per heavy atom. The van der Waals surface area contributed by atoms with E-state index in [9.17, 15) is 4.79 Å². The van der Waals surface area contributed by atoms with E-state index >= 15 is 0 Å². The Balaban J connectivity index is 1.55. The Bertz CT molecular complexity index is 1160. The van der Waals surface area contributed by atoms with Gasteiger partial charge in [-0.15, -0.1) is 0 Å². The number of hydrogen-bond acceptors (Lipinski definition) is 5. The van der Waals surface area contributed by atoms with E-state index in [0.29, 0.717) is 35.3 Å². The van der Waals surface area contributed by atoms with E-state index in [1.165, 1.54) is 0 Å². The van der Waals surface area contributed by atoms with Gasteiger partial charge in [0.1, 0.15) is 11.5 Å². The van der Waals surface area contributed by atoms with Crippen LogP contribution in [-0.2, 0) is 0 Å². The van der Waals surface area contributed by atoms with E-state index < -0.39 is 0 Å². The van der Waals surface area contributed by atoms with Crippen molar-refractivity contribution in [1.29, 1.82) is 0 Å². The van der Waals surface area contributed by atoms with Crippen molar-refractivity contribution in [2.24, 2.45) is 4.99 Å². The lowest BCUT2D eigenvalue weighted by Crippen LogP contribution is -2.53. The normalized spacial score (nSPS) is 14.0. The van der Waals surface area contributed by atoms with Crippen LogP contribution in [0.3, 0.4) is 0 Å². The van der Waals surface area contributed by atoms with Gasteiger partial charge >= 0.3 is 0 Å². The van der Waals surface area contributed by atoms with Crippen molar-refractivity contribution in [1.82, 2.24) is 10.2 Å². The van der Waals surface area contributed by atoms with Gasteiger partial charge in [-0.2, -0.15) is 0 Å². The van der Waals surface area contributed by atoms with Gasteiger partial charge in [0.15, 0.2) is 0 Å². The molecule has 0 atom stereocenters. The maximum Gasteiger partial charge on any atom is 0.258 e. The minimum atomic E-state index is -0.262. The number of nitrogens with one attached hydrogen (secondary N) is 1. The third-order valence-electron chi connectivity index (χ3n) is 5.62. The second-order valence-electron chi connectivity index (χ2n) is 7.74. The fourth-order valence-corrected chi connectivity index (χ4v) is 4.00. The molecule has 0 aliphatic carbocycles. The van der Waals surface area contributed by atoms with E-state index in [2.05, 4.69) is 21.2 Å². The molecule has 1 aliphatic heterocycles. The molecular weight excluding hydrogens is 452 g/mol. The summed E-state index contributed by atoms with van der Waals surface area (Å²) in [6.45, 7) is 2.88. The number of carbonyl (C=O) groups is 1. The summed E-state index contributed by atoms with van der Waals surface area (Å²) < 4.78 is 10.8. The molecule has 1 saturated heterocycles. The number of hydrogen-bond donors (Lipinski definition) is 1. The van der Waals surface area contributed by atoms with Crippen molar-refractivity contribution < 1.29 is 14.3 Å². The Hall–Kier alpha value is -3.71. The van der Waals surface area contributed by atoms with E-state index in [1.54, 1.807) is 38.5 Å². The number of anilines is 1. The summed E-state index contributed by atoms with van der Waals surface area (Å²) >= 11 is 6.08. The summed E-state index contributed by atoms with van der Waals surface area (Å²) in [6.07, 6.45) is 0. The van der Waals surface area contributed by atoms with Crippen molar-refractivity contribution >= 4 is 34.8 Å². The van der Waals surface area contributed by atoms with Crippen molar-refractivity contribution in [2.45, 2.75) is 0 Å². The van der Waals surface area contributed by atoms with Gasteiger partial charge in [0, 0.05) is 36.8 Å². The number of ether oxygens (including phenoxy) is 2. The number of carbonyl (C=O) groups excluding carboxylic acids is 1. The van der Waals surface area contributed by atoms with E-state index in [1.807, 2.05) is 42.5 Å². The van der Waals surface area contributed by atoms with Crippen LogP contribution in [0.2, 0.25) is 5.02 Å². The third kappa shape index (κ3) is 5.61. The monoisotopic (exact) mass is 478 g/mol. The minimum Gasteiger partial charge on any atom is -0.497 e. The number of rotatable bonds is 5. The molecule has 4 rings (SSSR count). The number of para-hydroxylation sites is 2. The minimum absolute atomic E-state index is 0.262. The van der Waals surface area contributed by atoms with Crippen LogP contribution in [0.25, 0.3) is 0 Å². The molecule has 8 heteroatoms. The topological polar surface area (TPSA) is 66.4 Å². The number of aliphatic imine (C=N–C) groups is 1. The molecule has 1 amide bonds. The molecule has 0 radical (unpaired) electrons. The second kappa shape index (κ2) is 10.9. The first-order valence-corrected chi connectivity index (χ1v) is 11.4. The van der Waals surface area contributed by atoms with Gasteiger partial charge in [0.05, 0.1) is 25.6 Å². The molecule has 1 heterocycles. The zero-order valence-corrected chi connectivity index (χ0v) is 20.0. The van der Waals surface area contributed by atoms with Gasteiger partial charge in [0.25, 0.3) is 5.91 Å². The van der Waals surface area contributed by atoms with E-state index in [0.717, 1.165) is 30.3 Å². The number of methoxy groups -OCH3 is 2. The largest absolute Gasteiger partial charge is 0.497 e. The third-order valence-corrected chi connectivity index (χ3v) is 5.86. The fraction of sp³-hybridized carbons (Fsp3) is 0.231. The van der Waals surface area contributed by atoms with Gasteiger partial charge in [0.2, 0.25) is 5.96 Å². The quantitative estimate of drug-likeness (QED) is 0.429. The first kappa shape index (κ1) is 23.4. The zero-order valence-electron chi connectivity index (χ0n) is 19.2. The maximum absolute atomic E-state index is 13.0. The molecule has 1 N–H and O–H groups in total. The highest BCUT2D eigenvalue weighted by Gasteiger charge is 2.23. The maximum atomic E-state index is 13.0. The van der Waals surface area contributed by atoms with Crippen molar-refractivity contribution in [2.75, 3.05) is 45.3 Å². The van der Waals surface area contributed by atoms with Gasteiger partial charge < -0.3 is 19.3 Å². The van der Waals surface area contributed by atoms with Crippen LogP contribution < -0.4 is 19.7 Å². The van der Waals surface area contributed by atoms with Crippen molar-refractivity contribution in [3.63, 3.8) is 0 Å².